The molecule has 2 aromatic rings. The minimum atomic E-state index is -0.755. The molecule has 0 aliphatic heterocycles. The molecule has 0 heterocycles. The van der Waals surface area contributed by atoms with Gasteiger partial charge in [0.25, 0.3) is 11.6 Å². The lowest BCUT2D eigenvalue weighted by Gasteiger charge is -2.11. The number of nitro benzene ring substituents is 1. The molecular formula is C21H21ClN2O7. The monoisotopic (exact) mass is 448 g/mol. The summed E-state index contributed by atoms with van der Waals surface area (Å²) in [7, 11) is 1.47. The quantitative estimate of drug-likeness (QED) is 0.265. The molecule has 1 amide bonds. The fourth-order valence-corrected chi connectivity index (χ4v) is 2.87. The summed E-state index contributed by atoms with van der Waals surface area (Å²) in [5.74, 6) is -0.575. The third kappa shape index (κ3) is 6.71. The third-order valence-electron chi connectivity index (χ3n) is 3.98. The molecule has 0 spiro atoms. The second-order valence-electron chi connectivity index (χ2n) is 6.21. The maximum atomic E-state index is 12.0. The number of ether oxygens (including phenoxy) is 3. The van der Waals surface area contributed by atoms with Crippen molar-refractivity contribution < 1.29 is 28.7 Å². The van der Waals surface area contributed by atoms with E-state index in [1.165, 1.54) is 31.4 Å². The molecule has 31 heavy (non-hydrogen) atoms. The molecule has 2 rings (SSSR count). The Morgan fingerprint density at radius 1 is 1.26 bits per heavy atom. The molecule has 1 N–H and O–H groups in total. The fourth-order valence-electron chi connectivity index (χ4n) is 2.58. The van der Waals surface area contributed by atoms with E-state index >= 15 is 0 Å². The van der Waals surface area contributed by atoms with Crippen molar-refractivity contribution in [1.82, 2.24) is 0 Å². The summed E-state index contributed by atoms with van der Waals surface area (Å²) in [6.45, 7) is 3.25. The van der Waals surface area contributed by atoms with Crippen molar-refractivity contribution >= 4 is 40.9 Å². The Morgan fingerprint density at radius 2 is 2.00 bits per heavy atom. The van der Waals surface area contributed by atoms with E-state index in [4.69, 9.17) is 25.8 Å². The molecule has 0 fully saturated rings. The first-order valence-electron chi connectivity index (χ1n) is 9.15. The van der Waals surface area contributed by atoms with Crippen molar-refractivity contribution in [2.45, 2.75) is 13.8 Å². The Hall–Kier alpha value is -3.59. The van der Waals surface area contributed by atoms with Crippen LogP contribution in [0.3, 0.4) is 0 Å². The van der Waals surface area contributed by atoms with Crippen LogP contribution in [-0.4, -0.2) is 37.1 Å². The topological polar surface area (TPSA) is 117 Å². The third-order valence-corrected chi connectivity index (χ3v) is 4.26. The van der Waals surface area contributed by atoms with Gasteiger partial charge >= 0.3 is 5.97 Å². The normalized spacial score (nSPS) is 10.6. The summed E-state index contributed by atoms with van der Waals surface area (Å²) in [5.41, 5.74) is 1.14. The summed E-state index contributed by atoms with van der Waals surface area (Å²) < 4.78 is 15.6. The van der Waals surface area contributed by atoms with Gasteiger partial charge in [-0.05, 0) is 43.7 Å². The van der Waals surface area contributed by atoms with E-state index in [1.54, 1.807) is 19.1 Å². The van der Waals surface area contributed by atoms with Gasteiger partial charge in [-0.2, -0.15) is 0 Å². The molecular weight excluding hydrogens is 428 g/mol. The number of nitrogens with zero attached hydrogens (tertiary/aromatic N) is 1. The maximum absolute atomic E-state index is 12.0. The highest BCUT2D eigenvalue weighted by Crippen LogP contribution is 2.36. The van der Waals surface area contributed by atoms with Crippen LogP contribution in [0.5, 0.6) is 11.5 Å². The number of rotatable bonds is 9. The van der Waals surface area contributed by atoms with Crippen LogP contribution in [0.25, 0.3) is 6.08 Å². The molecule has 2 aromatic carbocycles. The van der Waals surface area contributed by atoms with Crippen LogP contribution < -0.4 is 14.8 Å². The molecule has 0 saturated carbocycles. The van der Waals surface area contributed by atoms with Gasteiger partial charge in [0, 0.05) is 23.4 Å². The molecule has 9 nitrogen and oxygen atoms in total. The number of amides is 1. The van der Waals surface area contributed by atoms with E-state index in [9.17, 15) is 19.7 Å². The van der Waals surface area contributed by atoms with Gasteiger partial charge in [-0.1, -0.05) is 17.7 Å². The van der Waals surface area contributed by atoms with Crippen molar-refractivity contribution in [2.75, 3.05) is 25.6 Å². The van der Waals surface area contributed by atoms with Crippen molar-refractivity contribution in [2.24, 2.45) is 0 Å². The van der Waals surface area contributed by atoms with Crippen molar-refractivity contribution in [3.63, 3.8) is 0 Å². The lowest BCUT2D eigenvalue weighted by molar-refractivity contribution is -0.385. The Balaban J connectivity index is 1.96. The van der Waals surface area contributed by atoms with Gasteiger partial charge in [-0.3, -0.25) is 14.9 Å². The summed E-state index contributed by atoms with van der Waals surface area (Å²) in [6.07, 6.45) is 2.59. The second kappa shape index (κ2) is 11.0. The van der Waals surface area contributed by atoms with Gasteiger partial charge in [0.15, 0.2) is 18.1 Å². The highest BCUT2D eigenvalue weighted by atomic mass is 35.5. The first kappa shape index (κ1) is 23.7. The highest BCUT2D eigenvalue weighted by Gasteiger charge is 2.13. The molecule has 0 aliphatic carbocycles. The van der Waals surface area contributed by atoms with E-state index in [-0.39, 0.29) is 11.4 Å². The second-order valence-corrected chi connectivity index (χ2v) is 6.62. The average molecular weight is 449 g/mol. The summed E-state index contributed by atoms with van der Waals surface area (Å²) in [6, 6.07) is 7.50. The molecule has 0 bridgehead atoms. The molecule has 164 valence electrons. The number of carbonyl (C=O) groups is 2. The van der Waals surface area contributed by atoms with E-state index in [1.807, 2.05) is 6.92 Å². The summed E-state index contributed by atoms with van der Waals surface area (Å²) in [5, 5.41) is 13.7. The smallest absolute Gasteiger partial charge is 0.331 e. The van der Waals surface area contributed by atoms with Gasteiger partial charge in [0.2, 0.25) is 0 Å². The minimum absolute atomic E-state index is 0.123. The molecule has 0 aromatic heterocycles. The van der Waals surface area contributed by atoms with Gasteiger partial charge in [-0.15, -0.1) is 0 Å². The Labute approximate surface area is 183 Å². The molecule has 0 atom stereocenters. The lowest BCUT2D eigenvalue weighted by atomic mass is 10.2. The number of methoxy groups -OCH3 is 1. The SMILES string of the molecule is CCOc1cc(/C=C/C(=O)OCC(=O)Nc2ccc(C)c([N+](=O)[O-])c2)cc(Cl)c1OC. The lowest BCUT2D eigenvalue weighted by Crippen LogP contribution is -2.20. The predicted molar refractivity (Wildman–Crippen MR) is 116 cm³/mol. The van der Waals surface area contributed by atoms with Crippen molar-refractivity contribution in [1.29, 1.82) is 0 Å². The van der Waals surface area contributed by atoms with Crippen LogP contribution in [0.2, 0.25) is 5.02 Å². The molecule has 0 unspecified atom stereocenters. The zero-order valence-corrected chi connectivity index (χ0v) is 17.9. The number of halogens is 1. The van der Waals surface area contributed by atoms with Gasteiger partial charge in [-0.25, -0.2) is 4.79 Å². The van der Waals surface area contributed by atoms with Crippen LogP contribution in [-0.2, 0) is 14.3 Å². The Kier molecular flexibility index (Phi) is 8.39. The summed E-state index contributed by atoms with van der Waals surface area (Å²) >= 11 is 6.16. The van der Waals surface area contributed by atoms with E-state index in [2.05, 4.69) is 5.32 Å². The van der Waals surface area contributed by atoms with Crippen LogP contribution in [0.4, 0.5) is 11.4 Å². The fraction of sp³-hybridized carbons (Fsp3) is 0.238. The number of anilines is 1. The van der Waals surface area contributed by atoms with Crippen molar-refractivity contribution in [3.8, 4) is 11.5 Å². The van der Waals surface area contributed by atoms with Crippen LogP contribution in [0.15, 0.2) is 36.4 Å². The summed E-state index contributed by atoms with van der Waals surface area (Å²) in [4.78, 5) is 34.3. The zero-order valence-electron chi connectivity index (χ0n) is 17.1. The number of hydrogen-bond acceptors (Lipinski definition) is 7. The van der Waals surface area contributed by atoms with E-state index in [0.717, 1.165) is 6.08 Å². The number of nitro groups is 1. The predicted octanol–water partition coefficient (Wildman–Crippen LogP) is 4.16. The molecule has 10 heteroatoms. The number of benzene rings is 2. The highest BCUT2D eigenvalue weighted by molar-refractivity contribution is 6.32. The van der Waals surface area contributed by atoms with Crippen LogP contribution in [0, 0.1) is 17.0 Å². The van der Waals surface area contributed by atoms with Gasteiger partial charge in [0.05, 0.1) is 23.7 Å². The first-order chi connectivity index (χ1) is 14.7. The number of nitrogens with one attached hydrogen (secondary N) is 1. The van der Waals surface area contributed by atoms with Crippen LogP contribution >= 0.6 is 11.6 Å². The standard InChI is InChI=1S/C21H21ClN2O7/c1-4-30-18-10-14(9-16(22)21(18)29-3)6-8-20(26)31-12-19(25)23-15-7-5-13(2)17(11-15)24(27)28/h5-11H,4,12H2,1-3H3,(H,23,25)/b8-6+. The zero-order chi connectivity index (χ0) is 23.0. The number of carbonyl (C=O) groups excluding carboxylic acids is 2. The van der Waals surface area contributed by atoms with Gasteiger partial charge in [0.1, 0.15) is 0 Å². The largest absolute Gasteiger partial charge is 0.491 e. The van der Waals surface area contributed by atoms with E-state index in [0.29, 0.717) is 34.3 Å². The maximum Gasteiger partial charge on any atom is 0.331 e. The first-order valence-corrected chi connectivity index (χ1v) is 9.53. The Bertz CT molecular complexity index is 1020. The van der Waals surface area contributed by atoms with Crippen LogP contribution in [0.1, 0.15) is 18.1 Å². The Morgan fingerprint density at radius 3 is 2.65 bits per heavy atom. The number of aryl methyl sites for hydroxylation is 1. The average Bonchev–Trinajstić information content (AvgIpc) is 2.72. The minimum Gasteiger partial charge on any atom is -0.491 e. The molecule has 0 aliphatic rings. The van der Waals surface area contributed by atoms with E-state index < -0.39 is 23.4 Å². The number of esters is 1. The molecule has 0 saturated heterocycles. The number of hydrogen-bond donors (Lipinski definition) is 1. The van der Waals surface area contributed by atoms with Gasteiger partial charge < -0.3 is 19.5 Å². The van der Waals surface area contributed by atoms with Crippen molar-refractivity contribution in [3.05, 3.63) is 62.7 Å². The molecule has 0 radical (unpaired) electrons.